The Kier molecular flexibility index (Phi) is 5.84. The molecule has 0 bridgehead atoms. The standard InChI is InChI=1S/C24H22FN3O3/c1-16-7-3-6-10-21(16)30-15-19-11-12-22(31-19)24(29)26-23-13-17(2)28(27-23)14-18-8-4-5-9-20(18)25/h3-13H,14-15H2,1-2H3,(H,26,27,29). The Bertz CT molecular complexity index is 1210. The molecule has 2 aromatic carbocycles. The molecule has 2 heterocycles. The van der Waals surface area contributed by atoms with Gasteiger partial charge in [-0.25, -0.2) is 4.39 Å². The molecule has 0 saturated heterocycles. The van der Waals surface area contributed by atoms with Gasteiger partial charge in [0, 0.05) is 17.3 Å². The van der Waals surface area contributed by atoms with Crippen LogP contribution in [0.2, 0.25) is 0 Å². The Morgan fingerprint density at radius 2 is 1.87 bits per heavy atom. The number of anilines is 1. The number of aryl methyl sites for hydroxylation is 2. The zero-order chi connectivity index (χ0) is 21.8. The molecule has 0 atom stereocenters. The number of furan rings is 1. The molecular formula is C24H22FN3O3. The second-order valence-electron chi connectivity index (χ2n) is 7.19. The van der Waals surface area contributed by atoms with Crippen molar-refractivity contribution in [2.24, 2.45) is 0 Å². The molecule has 0 spiro atoms. The van der Waals surface area contributed by atoms with Crippen LogP contribution >= 0.6 is 0 Å². The number of nitrogens with zero attached hydrogens (tertiary/aromatic N) is 2. The lowest BCUT2D eigenvalue weighted by Crippen LogP contribution is -2.12. The van der Waals surface area contributed by atoms with Crippen LogP contribution in [0.25, 0.3) is 0 Å². The predicted molar refractivity (Wildman–Crippen MR) is 115 cm³/mol. The fourth-order valence-electron chi connectivity index (χ4n) is 3.14. The van der Waals surface area contributed by atoms with E-state index in [1.165, 1.54) is 6.07 Å². The van der Waals surface area contributed by atoms with Crippen LogP contribution < -0.4 is 10.1 Å². The van der Waals surface area contributed by atoms with Gasteiger partial charge in [0.25, 0.3) is 5.91 Å². The molecule has 2 aromatic heterocycles. The Labute approximate surface area is 179 Å². The van der Waals surface area contributed by atoms with Crippen molar-refractivity contribution in [1.29, 1.82) is 0 Å². The summed E-state index contributed by atoms with van der Waals surface area (Å²) in [6.07, 6.45) is 0. The number of benzene rings is 2. The number of aromatic nitrogens is 2. The van der Waals surface area contributed by atoms with Gasteiger partial charge in [0.05, 0.1) is 6.54 Å². The molecule has 4 aromatic rings. The molecule has 0 aliphatic carbocycles. The van der Waals surface area contributed by atoms with Crippen molar-refractivity contribution in [2.75, 3.05) is 5.32 Å². The van der Waals surface area contributed by atoms with Crippen LogP contribution in [0.5, 0.6) is 5.75 Å². The average molecular weight is 419 g/mol. The second-order valence-corrected chi connectivity index (χ2v) is 7.19. The smallest absolute Gasteiger partial charge is 0.292 e. The monoisotopic (exact) mass is 419 g/mol. The van der Waals surface area contributed by atoms with E-state index < -0.39 is 5.91 Å². The van der Waals surface area contributed by atoms with E-state index in [2.05, 4.69) is 10.4 Å². The molecule has 6 nitrogen and oxygen atoms in total. The molecule has 7 heteroatoms. The minimum atomic E-state index is -0.419. The van der Waals surface area contributed by atoms with Crippen molar-refractivity contribution >= 4 is 11.7 Å². The van der Waals surface area contributed by atoms with Crippen molar-refractivity contribution in [1.82, 2.24) is 9.78 Å². The molecule has 1 amide bonds. The zero-order valence-corrected chi connectivity index (χ0v) is 17.3. The summed E-state index contributed by atoms with van der Waals surface area (Å²) in [5.41, 5.74) is 2.34. The third-order valence-electron chi connectivity index (χ3n) is 4.85. The lowest BCUT2D eigenvalue weighted by molar-refractivity contribution is 0.0992. The first-order valence-electron chi connectivity index (χ1n) is 9.86. The van der Waals surface area contributed by atoms with E-state index in [9.17, 15) is 9.18 Å². The van der Waals surface area contributed by atoms with E-state index in [-0.39, 0.29) is 24.7 Å². The lowest BCUT2D eigenvalue weighted by atomic mass is 10.2. The minimum absolute atomic E-state index is 0.157. The van der Waals surface area contributed by atoms with Gasteiger partial charge < -0.3 is 14.5 Å². The number of rotatable bonds is 7. The first-order valence-corrected chi connectivity index (χ1v) is 9.86. The van der Waals surface area contributed by atoms with Crippen LogP contribution in [0.15, 0.2) is 71.1 Å². The highest BCUT2D eigenvalue weighted by Gasteiger charge is 2.15. The number of hydrogen-bond acceptors (Lipinski definition) is 4. The fourth-order valence-corrected chi connectivity index (χ4v) is 3.14. The quantitative estimate of drug-likeness (QED) is 0.452. The summed E-state index contributed by atoms with van der Waals surface area (Å²) in [5.74, 6) is 1.12. The summed E-state index contributed by atoms with van der Waals surface area (Å²) >= 11 is 0. The predicted octanol–water partition coefficient (Wildman–Crippen LogP) is 5.11. The van der Waals surface area contributed by atoms with Gasteiger partial charge in [-0.15, -0.1) is 0 Å². The maximum Gasteiger partial charge on any atom is 0.292 e. The van der Waals surface area contributed by atoms with Crippen LogP contribution in [0, 0.1) is 19.7 Å². The number of ether oxygens (including phenoxy) is 1. The largest absolute Gasteiger partial charge is 0.485 e. The van der Waals surface area contributed by atoms with Crippen molar-refractivity contribution in [2.45, 2.75) is 27.0 Å². The van der Waals surface area contributed by atoms with Gasteiger partial charge >= 0.3 is 0 Å². The molecule has 158 valence electrons. The number of amides is 1. The number of halogens is 1. The normalized spacial score (nSPS) is 10.8. The van der Waals surface area contributed by atoms with Gasteiger partial charge in [-0.05, 0) is 43.7 Å². The third kappa shape index (κ3) is 4.83. The van der Waals surface area contributed by atoms with Gasteiger partial charge in [0.15, 0.2) is 11.6 Å². The van der Waals surface area contributed by atoms with Crippen molar-refractivity contribution in [3.8, 4) is 5.75 Å². The summed E-state index contributed by atoms with van der Waals surface area (Å²) in [7, 11) is 0. The van der Waals surface area contributed by atoms with Gasteiger partial charge in [-0.1, -0.05) is 36.4 Å². The second kappa shape index (κ2) is 8.87. The third-order valence-corrected chi connectivity index (χ3v) is 4.85. The van der Waals surface area contributed by atoms with Crippen LogP contribution in [-0.2, 0) is 13.2 Å². The van der Waals surface area contributed by atoms with Gasteiger partial charge in [-0.3, -0.25) is 9.48 Å². The average Bonchev–Trinajstić information content (AvgIpc) is 3.36. The first-order chi connectivity index (χ1) is 15.0. The van der Waals surface area contributed by atoms with Crippen LogP contribution in [0.1, 0.15) is 33.1 Å². The van der Waals surface area contributed by atoms with Crippen LogP contribution in [0.3, 0.4) is 0 Å². The van der Waals surface area contributed by atoms with Crippen LogP contribution in [-0.4, -0.2) is 15.7 Å². The topological polar surface area (TPSA) is 69.3 Å². The molecule has 0 saturated carbocycles. The highest BCUT2D eigenvalue weighted by Crippen LogP contribution is 2.19. The summed E-state index contributed by atoms with van der Waals surface area (Å²) in [6, 6.07) is 19.2. The SMILES string of the molecule is Cc1ccccc1OCc1ccc(C(=O)Nc2cc(C)n(Cc3ccccc3F)n2)o1. The number of carbonyl (C=O) groups is 1. The van der Waals surface area contributed by atoms with Crippen molar-refractivity contribution in [3.63, 3.8) is 0 Å². The number of nitrogens with one attached hydrogen (secondary N) is 1. The molecule has 1 N–H and O–H groups in total. The number of para-hydroxylation sites is 1. The Morgan fingerprint density at radius 3 is 2.68 bits per heavy atom. The van der Waals surface area contributed by atoms with E-state index in [1.54, 1.807) is 41.1 Å². The Hall–Kier alpha value is -3.87. The first kappa shape index (κ1) is 20.4. The van der Waals surface area contributed by atoms with Gasteiger partial charge in [0.1, 0.15) is 23.9 Å². The number of hydrogen-bond donors (Lipinski definition) is 1. The van der Waals surface area contributed by atoms with Gasteiger partial charge in [-0.2, -0.15) is 5.10 Å². The summed E-state index contributed by atoms with van der Waals surface area (Å²) in [6.45, 7) is 4.30. The van der Waals surface area contributed by atoms with E-state index >= 15 is 0 Å². The van der Waals surface area contributed by atoms with Crippen molar-refractivity contribution in [3.05, 3.63) is 101 Å². The molecule has 0 unspecified atom stereocenters. The van der Waals surface area contributed by atoms with E-state index in [1.807, 2.05) is 38.1 Å². The molecule has 0 radical (unpaired) electrons. The fraction of sp³-hybridized carbons (Fsp3) is 0.167. The summed E-state index contributed by atoms with van der Waals surface area (Å²) in [4.78, 5) is 12.5. The van der Waals surface area contributed by atoms with Gasteiger partial charge in [0.2, 0.25) is 0 Å². The molecule has 0 aliphatic rings. The Balaban J connectivity index is 1.39. The maximum absolute atomic E-state index is 13.9. The Morgan fingerprint density at radius 1 is 1.10 bits per heavy atom. The highest BCUT2D eigenvalue weighted by molar-refractivity contribution is 6.01. The van der Waals surface area contributed by atoms with E-state index in [0.29, 0.717) is 17.1 Å². The molecule has 0 aliphatic heterocycles. The molecule has 0 fully saturated rings. The van der Waals surface area contributed by atoms with E-state index in [0.717, 1.165) is 17.0 Å². The zero-order valence-electron chi connectivity index (χ0n) is 17.3. The minimum Gasteiger partial charge on any atom is -0.485 e. The number of carbonyl (C=O) groups excluding carboxylic acids is 1. The molecule has 4 rings (SSSR count). The maximum atomic E-state index is 13.9. The summed E-state index contributed by atoms with van der Waals surface area (Å²) < 4.78 is 26.9. The van der Waals surface area contributed by atoms with Crippen molar-refractivity contribution < 1.29 is 18.3 Å². The molecular weight excluding hydrogens is 397 g/mol. The summed E-state index contributed by atoms with van der Waals surface area (Å²) in [5, 5.41) is 7.07. The highest BCUT2D eigenvalue weighted by atomic mass is 19.1. The van der Waals surface area contributed by atoms with Crippen LogP contribution in [0.4, 0.5) is 10.2 Å². The van der Waals surface area contributed by atoms with E-state index in [4.69, 9.17) is 9.15 Å². The molecule has 31 heavy (non-hydrogen) atoms. The lowest BCUT2D eigenvalue weighted by Gasteiger charge is -2.06.